The van der Waals surface area contributed by atoms with Crippen LogP contribution in [0.5, 0.6) is 0 Å². The van der Waals surface area contributed by atoms with E-state index in [-0.39, 0.29) is 18.1 Å². The van der Waals surface area contributed by atoms with Crippen molar-refractivity contribution >= 4 is 16.9 Å². The van der Waals surface area contributed by atoms with Crippen LogP contribution in [0.3, 0.4) is 0 Å². The predicted molar refractivity (Wildman–Crippen MR) is 91.7 cm³/mol. The highest BCUT2D eigenvalue weighted by atomic mass is 16.5. The van der Waals surface area contributed by atoms with Gasteiger partial charge >= 0.3 is 0 Å². The number of aryl methyl sites for hydroxylation is 1. The van der Waals surface area contributed by atoms with E-state index in [1.807, 2.05) is 23.1 Å². The van der Waals surface area contributed by atoms with Crippen LogP contribution in [-0.2, 0) is 16.1 Å². The van der Waals surface area contributed by atoms with Gasteiger partial charge in [-0.1, -0.05) is 12.1 Å². The number of likely N-dealkylation sites (tertiary alicyclic amines) is 1. The number of carbonyl (C=O) groups is 1. The zero-order valence-electron chi connectivity index (χ0n) is 14.1. The number of rotatable bonds is 3. The van der Waals surface area contributed by atoms with E-state index < -0.39 is 0 Å². The molecule has 2 saturated heterocycles. The summed E-state index contributed by atoms with van der Waals surface area (Å²) in [4.78, 5) is 19.8. The maximum Gasteiger partial charge on any atom is 0.253 e. The second-order valence-corrected chi connectivity index (χ2v) is 6.46. The van der Waals surface area contributed by atoms with E-state index in [1.165, 1.54) is 0 Å². The lowest BCUT2D eigenvalue weighted by Gasteiger charge is -2.30. The quantitative estimate of drug-likeness (QED) is 0.932. The van der Waals surface area contributed by atoms with Gasteiger partial charge in [-0.2, -0.15) is 0 Å². The van der Waals surface area contributed by atoms with Crippen LogP contribution in [0.25, 0.3) is 11.0 Å². The highest BCUT2D eigenvalue weighted by Crippen LogP contribution is 2.34. The number of fused-ring (bicyclic) bond motifs is 1. The number of hydrogen-bond donors (Lipinski definition) is 1. The lowest BCUT2D eigenvalue weighted by atomic mass is 10.2. The second kappa shape index (κ2) is 6.53. The number of aromatic nitrogens is 2. The molecular formula is C18H24N4O2. The summed E-state index contributed by atoms with van der Waals surface area (Å²) >= 11 is 0. The molecule has 0 radical (unpaired) electrons. The van der Waals surface area contributed by atoms with E-state index in [2.05, 4.69) is 22.9 Å². The molecule has 2 atom stereocenters. The Labute approximate surface area is 141 Å². The number of morpholine rings is 1. The molecule has 1 aromatic heterocycles. The highest BCUT2D eigenvalue weighted by Gasteiger charge is 2.37. The standard InChI is InChI=1S/C18H24N4O2/c1-2-21-14-7-4-3-6-13(14)20-17(21)15-8-5-10-22(15)18(23)16-12-19-9-11-24-16/h3-4,6-7,15-16,19H,2,5,8-12H2,1H3. The molecule has 0 bridgehead atoms. The molecular weight excluding hydrogens is 304 g/mol. The monoisotopic (exact) mass is 328 g/mol. The Balaban J connectivity index is 1.66. The highest BCUT2D eigenvalue weighted by molar-refractivity contribution is 5.82. The first-order chi connectivity index (χ1) is 11.8. The summed E-state index contributed by atoms with van der Waals surface area (Å²) in [6.07, 6.45) is 1.62. The molecule has 1 N–H and O–H groups in total. The molecule has 2 aliphatic rings. The first kappa shape index (κ1) is 15.6. The van der Waals surface area contributed by atoms with Crippen molar-refractivity contribution in [3.63, 3.8) is 0 Å². The Morgan fingerprint density at radius 2 is 2.29 bits per heavy atom. The summed E-state index contributed by atoms with van der Waals surface area (Å²) in [6, 6.07) is 8.25. The van der Waals surface area contributed by atoms with Crippen LogP contribution in [0.4, 0.5) is 0 Å². The van der Waals surface area contributed by atoms with E-state index in [4.69, 9.17) is 9.72 Å². The van der Waals surface area contributed by atoms with Crippen LogP contribution < -0.4 is 5.32 Å². The van der Waals surface area contributed by atoms with Crippen molar-refractivity contribution < 1.29 is 9.53 Å². The number of amides is 1. The fourth-order valence-electron chi connectivity index (χ4n) is 3.89. The molecule has 0 saturated carbocycles. The van der Waals surface area contributed by atoms with Crippen LogP contribution >= 0.6 is 0 Å². The van der Waals surface area contributed by atoms with Crippen molar-refractivity contribution in [1.29, 1.82) is 0 Å². The number of para-hydroxylation sites is 2. The lowest BCUT2D eigenvalue weighted by molar-refractivity contribution is -0.146. The van der Waals surface area contributed by atoms with Crippen molar-refractivity contribution in [2.24, 2.45) is 0 Å². The Bertz CT molecular complexity index is 736. The largest absolute Gasteiger partial charge is 0.366 e. The molecule has 3 heterocycles. The van der Waals surface area contributed by atoms with Gasteiger partial charge in [0.25, 0.3) is 5.91 Å². The maximum absolute atomic E-state index is 12.9. The van der Waals surface area contributed by atoms with Gasteiger partial charge in [0.15, 0.2) is 0 Å². The number of imidazole rings is 1. The summed E-state index contributed by atoms with van der Waals surface area (Å²) in [5.74, 6) is 1.10. The number of ether oxygens (including phenoxy) is 1. The Hall–Kier alpha value is -1.92. The van der Waals surface area contributed by atoms with Crippen LogP contribution in [0.1, 0.15) is 31.6 Å². The van der Waals surface area contributed by atoms with Gasteiger partial charge in [0.2, 0.25) is 0 Å². The van der Waals surface area contributed by atoms with Gasteiger partial charge in [0.1, 0.15) is 11.9 Å². The molecule has 0 aliphatic carbocycles. The van der Waals surface area contributed by atoms with Crippen molar-refractivity contribution in [2.45, 2.75) is 38.5 Å². The molecule has 6 heteroatoms. The minimum atomic E-state index is -0.362. The van der Waals surface area contributed by atoms with Gasteiger partial charge in [-0.25, -0.2) is 4.98 Å². The molecule has 128 valence electrons. The summed E-state index contributed by atoms with van der Waals surface area (Å²) in [7, 11) is 0. The fraction of sp³-hybridized carbons (Fsp3) is 0.556. The van der Waals surface area contributed by atoms with E-state index in [1.54, 1.807) is 0 Å². The molecule has 1 aromatic carbocycles. The van der Waals surface area contributed by atoms with Crippen LogP contribution in [-0.4, -0.2) is 52.7 Å². The Morgan fingerprint density at radius 3 is 3.08 bits per heavy atom. The van der Waals surface area contributed by atoms with Crippen molar-refractivity contribution in [3.05, 3.63) is 30.1 Å². The van der Waals surface area contributed by atoms with E-state index in [0.717, 1.165) is 49.3 Å². The third-order valence-electron chi connectivity index (χ3n) is 5.04. The first-order valence-electron chi connectivity index (χ1n) is 8.87. The molecule has 2 aromatic rings. The van der Waals surface area contributed by atoms with Crippen LogP contribution in [0, 0.1) is 0 Å². The third kappa shape index (κ3) is 2.59. The molecule has 4 rings (SSSR count). The normalized spacial score (nSPS) is 24.6. The van der Waals surface area contributed by atoms with Crippen molar-refractivity contribution in [3.8, 4) is 0 Å². The molecule has 2 aliphatic heterocycles. The zero-order chi connectivity index (χ0) is 16.5. The van der Waals surface area contributed by atoms with Gasteiger partial charge in [0.05, 0.1) is 23.7 Å². The number of carbonyl (C=O) groups excluding carboxylic acids is 1. The van der Waals surface area contributed by atoms with Gasteiger partial charge in [-0.15, -0.1) is 0 Å². The van der Waals surface area contributed by atoms with Crippen molar-refractivity contribution in [1.82, 2.24) is 19.8 Å². The number of benzene rings is 1. The Morgan fingerprint density at radius 1 is 1.42 bits per heavy atom. The van der Waals surface area contributed by atoms with Gasteiger partial charge < -0.3 is 19.5 Å². The summed E-state index contributed by atoms with van der Waals surface area (Å²) in [5, 5.41) is 3.24. The van der Waals surface area contributed by atoms with E-state index in [0.29, 0.717) is 13.2 Å². The Kier molecular flexibility index (Phi) is 4.24. The first-order valence-corrected chi connectivity index (χ1v) is 8.87. The second-order valence-electron chi connectivity index (χ2n) is 6.46. The minimum absolute atomic E-state index is 0.0513. The SMILES string of the molecule is CCn1c(C2CCCN2C(=O)C2CNCCO2)nc2ccccc21. The molecule has 2 unspecified atom stereocenters. The van der Waals surface area contributed by atoms with Gasteiger partial charge in [-0.05, 0) is 31.9 Å². The molecule has 6 nitrogen and oxygen atoms in total. The molecule has 0 spiro atoms. The topological polar surface area (TPSA) is 59.4 Å². The van der Waals surface area contributed by atoms with Gasteiger partial charge in [-0.3, -0.25) is 4.79 Å². The summed E-state index contributed by atoms with van der Waals surface area (Å²) < 4.78 is 7.91. The summed E-state index contributed by atoms with van der Waals surface area (Å²) in [5.41, 5.74) is 2.15. The molecule has 24 heavy (non-hydrogen) atoms. The molecule has 2 fully saturated rings. The summed E-state index contributed by atoms with van der Waals surface area (Å²) in [6.45, 7) is 5.80. The number of hydrogen-bond acceptors (Lipinski definition) is 4. The smallest absolute Gasteiger partial charge is 0.253 e. The third-order valence-corrected chi connectivity index (χ3v) is 5.04. The van der Waals surface area contributed by atoms with E-state index >= 15 is 0 Å². The maximum atomic E-state index is 12.9. The number of nitrogens with zero attached hydrogens (tertiary/aromatic N) is 3. The zero-order valence-corrected chi connectivity index (χ0v) is 14.1. The van der Waals surface area contributed by atoms with Crippen LogP contribution in [0.2, 0.25) is 0 Å². The lowest BCUT2D eigenvalue weighted by Crippen LogP contribution is -2.49. The fourth-order valence-corrected chi connectivity index (χ4v) is 3.89. The predicted octanol–water partition coefficient (Wildman–Crippen LogP) is 1.71. The minimum Gasteiger partial charge on any atom is -0.366 e. The average Bonchev–Trinajstić information content (AvgIpc) is 3.25. The molecule has 1 amide bonds. The van der Waals surface area contributed by atoms with Gasteiger partial charge in [0, 0.05) is 26.2 Å². The number of nitrogens with one attached hydrogen (secondary N) is 1. The van der Waals surface area contributed by atoms with E-state index in [9.17, 15) is 4.79 Å². The van der Waals surface area contributed by atoms with Crippen LogP contribution in [0.15, 0.2) is 24.3 Å². The average molecular weight is 328 g/mol. The van der Waals surface area contributed by atoms with Crippen molar-refractivity contribution in [2.75, 3.05) is 26.2 Å².